The van der Waals surface area contributed by atoms with E-state index >= 15 is 0 Å². The molecule has 1 atom stereocenters. The van der Waals surface area contributed by atoms with Crippen LogP contribution in [-0.4, -0.2) is 49.0 Å². The van der Waals surface area contributed by atoms with E-state index in [1.165, 1.54) is 6.26 Å². The normalized spacial score (nSPS) is 13.7. The summed E-state index contributed by atoms with van der Waals surface area (Å²) in [5, 5.41) is 26.1. The fraction of sp³-hybridized carbons (Fsp3) is 0.333. The van der Waals surface area contributed by atoms with Gasteiger partial charge >= 0.3 is 5.97 Å². The number of carboxylic acids is 1. The van der Waals surface area contributed by atoms with Crippen molar-refractivity contribution in [2.75, 3.05) is 6.54 Å². The Balaban J connectivity index is 2.05. The van der Waals surface area contributed by atoms with Gasteiger partial charge in [-0.2, -0.15) is 5.10 Å². The summed E-state index contributed by atoms with van der Waals surface area (Å²) in [6, 6.07) is 5.01. The highest BCUT2D eigenvalue weighted by Crippen LogP contribution is 2.26. The standard InChI is InChI=1S/C18H20N4O5/c1-10(2)22-15-12(8-20-22)11(7-13(21-15)14-5-4-6-27-14)16(23)19-9-18(3,26)17(24)25/h4-8,10,26H,9H2,1-3H3,(H,19,23)(H,24,25). The number of carbonyl (C=O) groups excluding carboxylic acids is 1. The number of carbonyl (C=O) groups is 2. The topological polar surface area (TPSA) is 130 Å². The first-order chi connectivity index (χ1) is 12.7. The predicted octanol–water partition coefficient (Wildman–Crippen LogP) is 1.84. The molecule has 1 amide bonds. The van der Waals surface area contributed by atoms with Crippen LogP contribution < -0.4 is 5.32 Å². The number of amides is 1. The molecule has 3 aromatic rings. The lowest BCUT2D eigenvalue weighted by atomic mass is 10.1. The molecule has 0 aliphatic rings. The first kappa shape index (κ1) is 18.6. The summed E-state index contributed by atoms with van der Waals surface area (Å²) < 4.78 is 7.07. The van der Waals surface area contributed by atoms with Crippen LogP contribution in [0.2, 0.25) is 0 Å². The van der Waals surface area contributed by atoms with Gasteiger partial charge in [-0.05, 0) is 39.0 Å². The molecule has 9 nitrogen and oxygen atoms in total. The van der Waals surface area contributed by atoms with Gasteiger partial charge in [-0.25, -0.2) is 14.5 Å². The Morgan fingerprint density at radius 2 is 2.15 bits per heavy atom. The predicted molar refractivity (Wildman–Crippen MR) is 96.2 cm³/mol. The number of rotatable bonds is 6. The Kier molecular flexibility index (Phi) is 4.71. The minimum Gasteiger partial charge on any atom is -0.479 e. The highest BCUT2D eigenvalue weighted by Gasteiger charge is 2.31. The second-order valence-electron chi connectivity index (χ2n) is 6.71. The maximum absolute atomic E-state index is 12.7. The molecule has 0 aromatic carbocycles. The maximum atomic E-state index is 12.7. The van der Waals surface area contributed by atoms with Crippen molar-refractivity contribution in [2.45, 2.75) is 32.4 Å². The van der Waals surface area contributed by atoms with E-state index in [1.807, 2.05) is 13.8 Å². The molecule has 0 radical (unpaired) electrons. The van der Waals surface area contributed by atoms with Crippen molar-refractivity contribution >= 4 is 22.9 Å². The zero-order chi connectivity index (χ0) is 19.8. The lowest BCUT2D eigenvalue weighted by molar-refractivity contribution is -0.155. The molecule has 3 aromatic heterocycles. The number of aliphatic carboxylic acids is 1. The third-order valence-electron chi connectivity index (χ3n) is 4.13. The van der Waals surface area contributed by atoms with Crippen LogP contribution in [0.4, 0.5) is 0 Å². The minimum atomic E-state index is -2.08. The van der Waals surface area contributed by atoms with Gasteiger partial charge in [0.15, 0.2) is 17.0 Å². The zero-order valence-electron chi connectivity index (χ0n) is 15.1. The van der Waals surface area contributed by atoms with E-state index in [9.17, 15) is 14.7 Å². The Bertz CT molecular complexity index is 989. The molecular formula is C18H20N4O5. The molecule has 3 rings (SSSR count). The molecule has 0 bridgehead atoms. The van der Waals surface area contributed by atoms with Gasteiger partial charge in [-0.3, -0.25) is 4.79 Å². The van der Waals surface area contributed by atoms with Crippen LogP contribution in [0.1, 0.15) is 37.2 Å². The largest absolute Gasteiger partial charge is 0.479 e. The molecule has 0 saturated heterocycles. The van der Waals surface area contributed by atoms with Crippen molar-refractivity contribution in [3.8, 4) is 11.5 Å². The molecule has 0 saturated carbocycles. The van der Waals surface area contributed by atoms with Crippen LogP contribution in [0.3, 0.4) is 0 Å². The van der Waals surface area contributed by atoms with Crippen LogP contribution in [0.5, 0.6) is 0 Å². The molecule has 0 aliphatic carbocycles. The van der Waals surface area contributed by atoms with Crippen molar-refractivity contribution in [1.82, 2.24) is 20.1 Å². The number of aromatic nitrogens is 3. The summed E-state index contributed by atoms with van der Waals surface area (Å²) >= 11 is 0. The SMILES string of the molecule is CC(C)n1ncc2c(C(=O)NCC(C)(O)C(=O)O)cc(-c3ccco3)nc21. The summed E-state index contributed by atoms with van der Waals surface area (Å²) in [6.45, 7) is 4.55. The first-order valence-corrected chi connectivity index (χ1v) is 8.37. The molecule has 0 aliphatic heterocycles. The summed E-state index contributed by atoms with van der Waals surface area (Å²) in [5.41, 5.74) is -0.855. The minimum absolute atomic E-state index is 0.0190. The van der Waals surface area contributed by atoms with E-state index in [0.29, 0.717) is 22.5 Å². The second kappa shape index (κ2) is 6.84. The lowest BCUT2D eigenvalue weighted by Gasteiger charge is -2.18. The number of hydrogen-bond acceptors (Lipinski definition) is 6. The van der Waals surface area contributed by atoms with Crippen molar-refractivity contribution in [3.05, 3.63) is 36.2 Å². The van der Waals surface area contributed by atoms with Crippen LogP contribution in [-0.2, 0) is 4.79 Å². The number of fused-ring (bicyclic) bond motifs is 1. The highest BCUT2D eigenvalue weighted by molar-refractivity contribution is 6.06. The van der Waals surface area contributed by atoms with E-state index in [0.717, 1.165) is 6.92 Å². The molecule has 0 fully saturated rings. The van der Waals surface area contributed by atoms with Gasteiger partial charge in [0.05, 0.1) is 30.0 Å². The van der Waals surface area contributed by atoms with Gasteiger partial charge in [-0.15, -0.1) is 0 Å². The summed E-state index contributed by atoms with van der Waals surface area (Å²) in [7, 11) is 0. The maximum Gasteiger partial charge on any atom is 0.337 e. The molecule has 3 N–H and O–H groups in total. The van der Waals surface area contributed by atoms with E-state index in [2.05, 4.69) is 15.4 Å². The quantitative estimate of drug-likeness (QED) is 0.602. The van der Waals surface area contributed by atoms with Gasteiger partial charge in [0.1, 0.15) is 5.69 Å². The van der Waals surface area contributed by atoms with Crippen molar-refractivity contribution in [2.24, 2.45) is 0 Å². The lowest BCUT2D eigenvalue weighted by Crippen LogP contribution is -2.46. The summed E-state index contributed by atoms with van der Waals surface area (Å²) in [6.07, 6.45) is 3.04. The average molecular weight is 372 g/mol. The monoisotopic (exact) mass is 372 g/mol. The number of nitrogens with one attached hydrogen (secondary N) is 1. The molecule has 27 heavy (non-hydrogen) atoms. The zero-order valence-corrected chi connectivity index (χ0v) is 15.1. The fourth-order valence-electron chi connectivity index (χ4n) is 2.56. The van der Waals surface area contributed by atoms with E-state index in [-0.39, 0.29) is 11.6 Å². The third kappa shape index (κ3) is 3.54. The number of furan rings is 1. The number of aliphatic hydroxyl groups is 1. The van der Waals surface area contributed by atoms with E-state index in [4.69, 9.17) is 9.52 Å². The van der Waals surface area contributed by atoms with Gasteiger partial charge in [0, 0.05) is 6.04 Å². The molecule has 9 heteroatoms. The Labute approximate surface area is 154 Å². The smallest absolute Gasteiger partial charge is 0.337 e. The van der Waals surface area contributed by atoms with Crippen LogP contribution >= 0.6 is 0 Å². The van der Waals surface area contributed by atoms with Crippen molar-refractivity contribution in [1.29, 1.82) is 0 Å². The van der Waals surface area contributed by atoms with E-state index in [1.54, 1.807) is 29.1 Å². The number of hydrogen-bond donors (Lipinski definition) is 3. The Morgan fingerprint density at radius 3 is 2.74 bits per heavy atom. The molecule has 3 heterocycles. The second-order valence-corrected chi connectivity index (χ2v) is 6.71. The van der Waals surface area contributed by atoms with Crippen LogP contribution in [0.25, 0.3) is 22.5 Å². The van der Waals surface area contributed by atoms with Crippen LogP contribution in [0, 0.1) is 0 Å². The number of nitrogens with zero attached hydrogens (tertiary/aromatic N) is 3. The van der Waals surface area contributed by atoms with Crippen LogP contribution in [0.15, 0.2) is 35.1 Å². The summed E-state index contributed by atoms with van der Waals surface area (Å²) in [5.74, 6) is -1.48. The summed E-state index contributed by atoms with van der Waals surface area (Å²) in [4.78, 5) is 28.3. The van der Waals surface area contributed by atoms with E-state index < -0.39 is 24.0 Å². The number of pyridine rings is 1. The Morgan fingerprint density at radius 1 is 1.41 bits per heavy atom. The van der Waals surface area contributed by atoms with Crippen molar-refractivity contribution in [3.63, 3.8) is 0 Å². The molecular weight excluding hydrogens is 352 g/mol. The highest BCUT2D eigenvalue weighted by atomic mass is 16.4. The van der Waals surface area contributed by atoms with Gasteiger partial charge in [0.25, 0.3) is 5.91 Å². The average Bonchev–Trinajstić information content (AvgIpc) is 3.27. The first-order valence-electron chi connectivity index (χ1n) is 8.37. The number of carboxylic acid groups (broad SMARTS) is 1. The fourth-order valence-corrected chi connectivity index (χ4v) is 2.56. The molecule has 0 spiro atoms. The molecule has 142 valence electrons. The van der Waals surface area contributed by atoms with Gasteiger partial charge in [0.2, 0.25) is 0 Å². The molecule has 1 unspecified atom stereocenters. The van der Waals surface area contributed by atoms with Gasteiger partial charge < -0.3 is 19.9 Å². The Hall–Kier alpha value is -3.20. The third-order valence-corrected chi connectivity index (χ3v) is 4.13. The van der Waals surface area contributed by atoms with Gasteiger partial charge in [-0.1, -0.05) is 0 Å². The van der Waals surface area contributed by atoms with Crippen molar-refractivity contribution < 1.29 is 24.2 Å².